The number of ether oxygens (including phenoxy) is 1. The van der Waals surface area contributed by atoms with Crippen LogP contribution < -0.4 is 4.74 Å². The monoisotopic (exact) mass is 455 g/mol. The van der Waals surface area contributed by atoms with Gasteiger partial charge in [-0.15, -0.1) is 0 Å². The Balaban J connectivity index is 1.82. The van der Waals surface area contributed by atoms with Crippen molar-refractivity contribution in [2.45, 2.75) is 26.4 Å². The lowest BCUT2D eigenvalue weighted by Gasteiger charge is -2.22. The Labute approximate surface area is 207 Å². The molecule has 5 aromatic rings. The van der Waals surface area contributed by atoms with E-state index in [9.17, 15) is 0 Å². The maximum absolute atomic E-state index is 6.14. The molecule has 0 atom stereocenters. The predicted octanol–water partition coefficient (Wildman–Crippen LogP) is 8.93. The second-order valence-corrected chi connectivity index (χ2v) is 9.62. The Morgan fingerprint density at radius 1 is 0.514 bits per heavy atom. The molecular formula is C33H29NO. The van der Waals surface area contributed by atoms with Gasteiger partial charge >= 0.3 is 0 Å². The van der Waals surface area contributed by atoms with Crippen LogP contribution in [0, 0.1) is 0 Å². The second-order valence-electron chi connectivity index (χ2n) is 9.62. The summed E-state index contributed by atoms with van der Waals surface area (Å²) in [5.74, 6) is 0.625. The molecule has 35 heavy (non-hydrogen) atoms. The number of pyridine rings is 1. The van der Waals surface area contributed by atoms with Crippen LogP contribution in [0.15, 0.2) is 121 Å². The Morgan fingerprint density at radius 3 is 1.49 bits per heavy atom. The van der Waals surface area contributed by atoms with Crippen LogP contribution in [0.3, 0.4) is 0 Å². The lowest BCUT2D eigenvalue weighted by Crippen LogP contribution is -2.23. The zero-order valence-electron chi connectivity index (χ0n) is 20.4. The van der Waals surface area contributed by atoms with Gasteiger partial charge in [0.2, 0.25) is 5.88 Å². The molecule has 4 aromatic carbocycles. The number of benzene rings is 4. The van der Waals surface area contributed by atoms with Gasteiger partial charge in [-0.25, -0.2) is 4.98 Å². The van der Waals surface area contributed by atoms with Crippen molar-refractivity contribution in [2.75, 3.05) is 0 Å². The van der Waals surface area contributed by atoms with E-state index in [1.54, 1.807) is 0 Å². The minimum atomic E-state index is -0.326. The summed E-state index contributed by atoms with van der Waals surface area (Å²) in [6.07, 6.45) is 0. The Morgan fingerprint density at radius 2 is 1.00 bits per heavy atom. The van der Waals surface area contributed by atoms with Gasteiger partial charge in [0.25, 0.3) is 0 Å². The maximum atomic E-state index is 6.14. The van der Waals surface area contributed by atoms with E-state index in [1.807, 2.05) is 32.9 Å². The molecule has 5 rings (SSSR count). The minimum absolute atomic E-state index is 0.326. The van der Waals surface area contributed by atoms with Crippen molar-refractivity contribution in [3.05, 3.63) is 121 Å². The summed E-state index contributed by atoms with van der Waals surface area (Å²) in [7, 11) is 0. The van der Waals surface area contributed by atoms with Crippen molar-refractivity contribution in [1.29, 1.82) is 0 Å². The third-order valence-electron chi connectivity index (χ3n) is 5.81. The third kappa shape index (κ3) is 5.17. The lowest BCUT2D eigenvalue weighted by molar-refractivity contribution is 0.124. The van der Waals surface area contributed by atoms with Gasteiger partial charge < -0.3 is 4.74 Å². The largest absolute Gasteiger partial charge is 0.472 e. The van der Waals surface area contributed by atoms with Crippen LogP contribution in [-0.4, -0.2) is 10.6 Å². The molecule has 0 aliphatic heterocycles. The fourth-order valence-corrected chi connectivity index (χ4v) is 4.33. The molecule has 172 valence electrons. The van der Waals surface area contributed by atoms with Gasteiger partial charge in [0.1, 0.15) is 5.60 Å². The highest BCUT2D eigenvalue weighted by Crippen LogP contribution is 2.43. The molecule has 0 saturated carbocycles. The highest BCUT2D eigenvalue weighted by atomic mass is 16.5. The zero-order valence-corrected chi connectivity index (χ0v) is 20.4. The Bertz CT molecular complexity index is 1360. The predicted molar refractivity (Wildman–Crippen MR) is 146 cm³/mol. The number of aromatic nitrogens is 1. The number of nitrogens with zero attached hydrogens (tertiary/aromatic N) is 1. The average Bonchev–Trinajstić information content (AvgIpc) is 2.89. The maximum Gasteiger partial charge on any atom is 0.214 e. The molecule has 0 aliphatic carbocycles. The van der Waals surface area contributed by atoms with Crippen molar-refractivity contribution >= 4 is 0 Å². The first-order valence-electron chi connectivity index (χ1n) is 12.0. The van der Waals surface area contributed by atoms with Gasteiger partial charge in [0.15, 0.2) is 0 Å². The van der Waals surface area contributed by atoms with Crippen LogP contribution >= 0.6 is 0 Å². The number of rotatable bonds is 5. The van der Waals surface area contributed by atoms with Crippen molar-refractivity contribution in [1.82, 2.24) is 4.98 Å². The summed E-state index contributed by atoms with van der Waals surface area (Å²) in [6, 6.07) is 42.3. The quantitative estimate of drug-likeness (QED) is 0.264. The summed E-state index contributed by atoms with van der Waals surface area (Å²) in [5, 5.41) is 0. The zero-order chi connectivity index (χ0) is 24.3. The van der Waals surface area contributed by atoms with E-state index in [2.05, 4.69) is 109 Å². The van der Waals surface area contributed by atoms with Crippen LogP contribution in [0.4, 0.5) is 0 Å². The van der Waals surface area contributed by atoms with Crippen LogP contribution in [0.1, 0.15) is 20.8 Å². The highest BCUT2D eigenvalue weighted by molar-refractivity contribution is 5.96. The van der Waals surface area contributed by atoms with Crippen molar-refractivity contribution < 1.29 is 4.74 Å². The second kappa shape index (κ2) is 9.60. The Hall–Kier alpha value is -4.17. The molecule has 2 nitrogen and oxygen atoms in total. The molecule has 0 bridgehead atoms. The average molecular weight is 456 g/mol. The molecule has 0 radical (unpaired) electrons. The first-order chi connectivity index (χ1) is 17.0. The van der Waals surface area contributed by atoms with Gasteiger partial charge in [0.05, 0.1) is 5.69 Å². The fraction of sp³-hybridized carbons (Fsp3) is 0.121. The summed E-state index contributed by atoms with van der Waals surface area (Å²) >= 11 is 0. The smallest absolute Gasteiger partial charge is 0.214 e. The molecular weight excluding hydrogens is 426 g/mol. The molecule has 0 unspecified atom stereocenters. The van der Waals surface area contributed by atoms with Gasteiger partial charge in [-0.05, 0) is 72.4 Å². The SMILES string of the molecule is CC(C)(C)Oc1cccc(-c2c(-c3ccccc3)cc(-c3ccccc3)cc2-c2ccccc2)n1. The van der Waals surface area contributed by atoms with E-state index in [-0.39, 0.29) is 5.60 Å². The first kappa shape index (κ1) is 22.6. The lowest BCUT2D eigenvalue weighted by atomic mass is 9.86. The highest BCUT2D eigenvalue weighted by Gasteiger charge is 2.19. The van der Waals surface area contributed by atoms with E-state index in [1.165, 1.54) is 11.1 Å². The van der Waals surface area contributed by atoms with Crippen molar-refractivity contribution in [3.8, 4) is 50.5 Å². The van der Waals surface area contributed by atoms with Crippen LogP contribution in [0.25, 0.3) is 44.6 Å². The standard InChI is InChI=1S/C33H29NO/c1-33(2,3)35-31-21-13-20-30(34-31)32-28(25-16-9-5-10-17-25)22-27(24-14-7-4-8-15-24)23-29(32)26-18-11-6-12-19-26/h4-23H,1-3H3. The first-order valence-corrected chi connectivity index (χ1v) is 12.0. The normalized spacial score (nSPS) is 11.3. The molecule has 1 aromatic heterocycles. The summed E-state index contributed by atoms with van der Waals surface area (Å²) < 4.78 is 6.14. The molecule has 0 spiro atoms. The van der Waals surface area contributed by atoms with E-state index < -0.39 is 0 Å². The van der Waals surface area contributed by atoms with E-state index in [4.69, 9.17) is 9.72 Å². The number of hydrogen-bond donors (Lipinski definition) is 0. The van der Waals surface area contributed by atoms with Gasteiger partial charge in [-0.1, -0.05) is 97.1 Å². The van der Waals surface area contributed by atoms with Gasteiger partial charge in [-0.3, -0.25) is 0 Å². The molecule has 0 aliphatic rings. The van der Waals surface area contributed by atoms with E-state index in [0.29, 0.717) is 5.88 Å². The summed E-state index contributed by atoms with van der Waals surface area (Å²) in [5.41, 5.74) is 8.62. The molecule has 1 heterocycles. The fourth-order valence-electron chi connectivity index (χ4n) is 4.33. The Kier molecular flexibility index (Phi) is 6.20. The van der Waals surface area contributed by atoms with Crippen LogP contribution in [-0.2, 0) is 0 Å². The third-order valence-corrected chi connectivity index (χ3v) is 5.81. The van der Waals surface area contributed by atoms with E-state index in [0.717, 1.165) is 33.5 Å². The van der Waals surface area contributed by atoms with Gasteiger partial charge in [0, 0.05) is 11.6 Å². The van der Waals surface area contributed by atoms with Crippen molar-refractivity contribution in [3.63, 3.8) is 0 Å². The minimum Gasteiger partial charge on any atom is -0.472 e. The van der Waals surface area contributed by atoms with Crippen LogP contribution in [0.5, 0.6) is 5.88 Å². The molecule has 0 saturated heterocycles. The summed E-state index contributed by atoms with van der Waals surface area (Å²) in [6.45, 7) is 6.13. The number of hydrogen-bond acceptors (Lipinski definition) is 2. The van der Waals surface area contributed by atoms with E-state index >= 15 is 0 Å². The molecule has 0 amide bonds. The topological polar surface area (TPSA) is 22.1 Å². The van der Waals surface area contributed by atoms with Crippen molar-refractivity contribution in [2.24, 2.45) is 0 Å². The van der Waals surface area contributed by atoms with Gasteiger partial charge in [-0.2, -0.15) is 0 Å². The summed E-state index contributed by atoms with van der Waals surface area (Å²) in [4.78, 5) is 4.98. The molecule has 2 heteroatoms. The molecule has 0 N–H and O–H groups in total. The molecule has 0 fully saturated rings. The van der Waals surface area contributed by atoms with Crippen LogP contribution in [0.2, 0.25) is 0 Å².